The van der Waals surface area contributed by atoms with E-state index < -0.39 is 10.0 Å². The van der Waals surface area contributed by atoms with Crippen molar-refractivity contribution in [3.8, 4) is 11.6 Å². The summed E-state index contributed by atoms with van der Waals surface area (Å²) in [4.78, 5) is 3.18. The number of aryl methyl sites for hydroxylation is 1. The van der Waals surface area contributed by atoms with Gasteiger partial charge >= 0.3 is 0 Å². The van der Waals surface area contributed by atoms with Crippen molar-refractivity contribution in [1.29, 1.82) is 0 Å². The fourth-order valence-electron chi connectivity index (χ4n) is 4.48. The molecule has 0 saturated heterocycles. The lowest BCUT2D eigenvalue weighted by Crippen LogP contribution is -2.39. The van der Waals surface area contributed by atoms with Crippen molar-refractivity contribution in [2.45, 2.75) is 25.3 Å². The number of aromatic nitrogens is 2. The lowest BCUT2D eigenvalue weighted by molar-refractivity contribution is 0.239. The Labute approximate surface area is 184 Å². The van der Waals surface area contributed by atoms with E-state index >= 15 is 0 Å². The molecule has 0 amide bonds. The van der Waals surface area contributed by atoms with E-state index in [9.17, 15) is 17.9 Å². The Balaban J connectivity index is 1.27. The lowest BCUT2D eigenvalue weighted by atomic mass is 9.98. The first-order chi connectivity index (χ1) is 15.3. The molecule has 0 aliphatic carbocycles. The number of H-pyrrole nitrogens is 1. The first-order valence-electron chi connectivity index (χ1n) is 10.5. The minimum absolute atomic E-state index is 0.0366. The average Bonchev–Trinajstić information content (AvgIpc) is 3.31. The van der Waals surface area contributed by atoms with Crippen LogP contribution in [0.25, 0.3) is 21.7 Å². The maximum absolute atomic E-state index is 13.6. The van der Waals surface area contributed by atoms with Gasteiger partial charge in [0.1, 0.15) is 18.2 Å². The molecule has 5 rings (SSSR count). The minimum atomic E-state index is -3.61. The first kappa shape index (κ1) is 20.8. The Morgan fingerprint density at radius 2 is 2.16 bits per heavy atom. The highest BCUT2D eigenvalue weighted by Gasteiger charge is 2.26. The normalized spacial score (nSPS) is 16.4. The quantitative estimate of drug-likeness (QED) is 0.386. The number of aromatic hydroxyl groups is 1. The van der Waals surface area contributed by atoms with Gasteiger partial charge in [0.05, 0.1) is 11.6 Å². The zero-order valence-corrected chi connectivity index (χ0v) is 18.4. The fourth-order valence-corrected chi connectivity index (χ4v) is 5.19. The third-order valence-corrected chi connectivity index (χ3v) is 7.02. The van der Waals surface area contributed by atoms with Crippen LogP contribution >= 0.6 is 0 Å². The molecule has 168 valence electrons. The van der Waals surface area contributed by atoms with Gasteiger partial charge in [-0.2, -0.15) is 0 Å². The predicted octanol–water partition coefficient (Wildman–Crippen LogP) is 3.30. The Kier molecular flexibility index (Phi) is 5.10. The van der Waals surface area contributed by atoms with E-state index in [1.807, 2.05) is 12.3 Å². The molecule has 1 aliphatic rings. The third kappa shape index (κ3) is 3.71. The lowest BCUT2D eigenvalue weighted by Gasteiger charge is -2.27. The number of halogens is 1. The molecular formula is C23H24FN3O4S. The van der Waals surface area contributed by atoms with Crippen LogP contribution in [-0.2, 0) is 22.9 Å². The zero-order valence-electron chi connectivity index (χ0n) is 17.6. The molecule has 2 aromatic carbocycles. The highest BCUT2D eigenvalue weighted by atomic mass is 32.2. The largest absolute Gasteiger partial charge is 0.493 e. The van der Waals surface area contributed by atoms with E-state index in [4.69, 9.17) is 4.74 Å². The van der Waals surface area contributed by atoms with Crippen LogP contribution < -0.4 is 10.1 Å². The third-order valence-electron chi connectivity index (χ3n) is 6.02. The van der Waals surface area contributed by atoms with Gasteiger partial charge in [0, 0.05) is 40.3 Å². The van der Waals surface area contributed by atoms with E-state index in [-0.39, 0.29) is 17.7 Å². The summed E-state index contributed by atoms with van der Waals surface area (Å²) in [6.07, 6.45) is 6.71. The molecule has 1 aliphatic heterocycles. The monoisotopic (exact) mass is 457 g/mol. The van der Waals surface area contributed by atoms with Crippen molar-refractivity contribution < 1.29 is 22.7 Å². The number of hydrogen-bond acceptors (Lipinski definition) is 5. The summed E-state index contributed by atoms with van der Waals surface area (Å²) in [6.45, 7) is 1.24. The van der Waals surface area contributed by atoms with Gasteiger partial charge in [-0.05, 0) is 61.7 Å². The van der Waals surface area contributed by atoms with Gasteiger partial charge in [-0.3, -0.25) is 0 Å². The predicted molar refractivity (Wildman–Crippen MR) is 121 cm³/mol. The number of ether oxygens (including phenoxy) is 1. The summed E-state index contributed by atoms with van der Waals surface area (Å²) in [7, 11) is -3.61. The molecule has 4 aromatic rings. The number of aromatic amines is 1. The Hall–Kier alpha value is -3.04. The van der Waals surface area contributed by atoms with Crippen LogP contribution in [0.3, 0.4) is 0 Å². The highest BCUT2D eigenvalue weighted by Crippen LogP contribution is 2.38. The van der Waals surface area contributed by atoms with Crippen LogP contribution in [-0.4, -0.2) is 47.9 Å². The van der Waals surface area contributed by atoms with Crippen LogP contribution in [0.4, 0.5) is 4.39 Å². The van der Waals surface area contributed by atoms with Gasteiger partial charge in [0.15, 0.2) is 0 Å². The van der Waals surface area contributed by atoms with Crippen molar-refractivity contribution >= 4 is 31.7 Å². The smallest absolute Gasteiger partial charge is 0.238 e. The molecular weight excluding hydrogens is 433 g/mol. The standard InChI is InChI=1S/C23H24FN3O4S/c1-32(29,30)27-12-15-4-7-21-19(22(15)23(27)28)10-17(13-31-21)25-8-2-3-14-11-26-20-6-5-16(24)9-18(14)20/h4-7,9,11-12,17,25-26,28H,2-3,8,10,13H2,1H3. The molecule has 7 nitrogen and oxygen atoms in total. The summed E-state index contributed by atoms with van der Waals surface area (Å²) in [5.41, 5.74) is 2.81. The second-order valence-corrected chi connectivity index (χ2v) is 10.2. The van der Waals surface area contributed by atoms with Gasteiger partial charge in [-0.15, -0.1) is 0 Å². The number of nitrogens with one attached hydrogen (secondary N) is 2. The van der Waals surface area contributed by atoms with Crippen molar-refractivity contribution in [1.82, 2.24) is 14.3 Å². The van der Waals surface area contributed by atoms with Crippen molar-refractivity contribution in [2.24, 2.45) is 0 Å². The topological polar surface area (TPSA) is 96.4 Å². The van der Waals surface area contributed by atoms with Gasteiger partial charge in [-0.1, -0.05) is 0 Å². The van der Waals surface area contributed by atoms with Crippen LogP contribution in [0.2, 0.25) is 0 Å². The molecule has 0 spiro atoms. The summed E-state index contributed by atoms with van der Waals surface area (Å²) < 4.78 is 44.3. The summed E-state index contributed by atoms with van der Waals surface area (Å²) in [5.74, 6) is 0.141. The van der Waals surface area contributed by atoms with E-state index in [2.05, 4.69) is 10.3 Å². The molecule has 2 aromatic heterocycles. The fraction of sp³-hybridized carbons (Fsp3) is 0.304. The summed E-state index contributed by atoms with van der Waals surface area (Å²) >= 11 is 0. The van der Waals surface area contributed by atoms with Gasteiger partial charge in [0.25, 0.3) is 0 Å². The molecule has 0 fully saturated rings. The molecule has 1 atom stereocenters. The molecule has 1 unspecified atom stereocenters. The molecule has 0 bridgehead atoms. The van der Waals surface area contributed by atoms with Crippen LogP contribution in [0, 0.1) is 5.82 Å². The molecule has 0 radical (unpaired) electrons. The number of fused-ring (bicyclic) bond motifs is 4. The van der Waals surface area contributed by atoms with Crippen LogP contribution in [0.15, 0.2) is 42.7 Å². The second-order valence-electron chi connectivity index (χ2n) is 8.29. The first-order valence-corrected chi connectivity index (χ1v) is 12.3. The van der Waals surface area contributed by atoms with Crippen LogP contribution in [0.5, 0.6) is 11.6 Å². The summed E-state index contributed by atoms with van der Waals surface area (Å²) in [5, 5.41) is 16.1. The molecule has 32 heavy (non-hydrogen) atoms. The number of rotatable bonds is 6. The van der Waals surface area contributed by atoms with E-state index in [1.165, 1.54) is 12.3 Å². The zero-order chi connectivity index (χ0) is 22.5. The SMILES string of the molecule is CS(=O)(=O)n1cc2ccc3c(c2c1O)CC(NCCCc1c[nH]c2ccc(F)cc12)CO3. The maximum atomic E-state index is 13.6. The van der Waals surface area contributed by atoms with Crippen LogP contribution in [0.1, 0.15) is 17.5 Å². The van der Waals surface area contributed by atoms with Crippen molar-refractivity contribution in [2.75, 3.05) is 19.4 Å². The Morgan fingerprint density at radius 1 is 1.31 bits per heavy atom. The van der Waals surface area contributed by atoms with Gasteiger partial charge in [0.2, 0.25) is 15.9 Å². The minimum Gasteiger partial charge on any atom is -0.493 e. The van der Waals surface area contributed by atoms with Crippen molar-refractivity contribution in [3.63, 3.8) is 0 Å². The number of nitrogens with zero attached hydrogens (tertiary/aromatic N) is 1. The number of benzene rings is 2. The average molecular weight is 458 g/mol. The Morgan fingerprint density at radius 3 is 2.97 bits per heavy atom. The summed E-state index contributed by atoms with van der Waals surface area (Å²) in [6, 6.07) is 8.36. The molecule has 3 N–H and O–H groups in total. The van der Waals surface area contributed by atoms with Gasteiger partial charge in [-0.25, -0.2) is 16.8 Å². The molecule has 9 heteroatoms. The van der Waals surface area contributed by atoms with Crippen molar-refractivity contribution in [3.05, 3.63) is 59.7 Å². The van der Waals surface area contributed by atoms with E-state index in [1.54, 1.807) is 18.2 Å². The Bertz CT molecular complexity index is 1420. The molecule has 3 heterocycles. The van der Waals surface area contributed by atoms with E-state index in [0.29, 0.717) is 29.5 Å². The maximum Gasteiger partial charge on any atom is 0.238 e. The van der Waals surface area contributed by atoms with E-state index in [0.717, 1.165) is 51.6 Å². The highest BCUT2D eigenvalue weighted by molar-refractivity contribution is 7.89. The second kappa shape index (κ2) is 7.83. The van der Waals surface area contributed by atoms with Gasteiger partial charge < -0.3 is 20.1 Å². The number of hydrogen-bond donors (Lipinski definition) is 3. The molecule has 0 saturated carbocycles.